The third-order valence-electron chi connectivity index (χ3n) is 3.99. The molecule has 2 rings (SSSR count). The molecule has 0 aromatic carbocycles. The van der Waals surface area contributed by atoms with Gasteiger partial charge in [0.1, 0.15) is 0 Å². The van der Waals surface area contributed by atoms with Crippen molar-refractivity contribution in [2.45, 2.75) is 64.0 Å². The van der Waals surface area contributed by atoms with Gasteiger partial charge in [-0.05, 0) is 32.6 Å². The SMILES string of the molecule is CCOC1CCCN(C(N)=NC2CCCCC2)C1. The zero-order valence-electron chi connectivity index (χ0n) is 11.6. The maximum Gasteiger partial charge on any atom is 0.191 e. The van der Waals surface area contributed by atoms with Crippen molar-refractivity contribution in [1.82, 2.24) is 4.90 Å². The molecule has 0 spiro atoms. The van der Waals surface area contributed by atoms with Crippen LogP contribution in [-0.2, 0) is 4.74 Å². The van der Waals surface area contributed by atoms with Gasteiger partial charge in [-0.15, -0.1) is 0 Å². The van der Waals surface area contributed by atoms with Gasteiger partial charge in [0, 0.05) is 19.7 Å². The van der Waals surface area contributed by atoms with Gasteiger partial charge < -0.3 is 15.4 Å². The minimum absolute atomic E-state index is 0.337. The molecule has 4 nitrogen and oxygen atoms in total. The monoisotopic (exact) mass is 253 g/mol. The van der Waals surface area contributed by atoms with E-state index in [1.807, 2.05) is 0 Å². The molecule has 2 aliphatic rings. The van der Waals surface area contributed by atoms with Crippen LogP contribution in [0.25, 0.3) is 0 Å². The van der Waals surface area contributed by atoms with E-state index in [-0.39, 0.29) is 0 Å². The fourth-order valence-electron chi connectivity index (χ4n) is 3.00. The van der Waals surface area contributed by atoms with Crippen molar-refractivity contribution in [1.29, 1.82) is 0 Å². The van der Waals surface area contributed by atoms with E-state index in [9.17, 15) is 0 Å². The molecule has 1 saturated heterocycles. The zero-order chi connectivity index (χ0) is 12.8. The summed E-state index contributed by atoms with van der Waals surface area (Å²) < 4.78 is 5.70. The minimum atomic E-state index is 0.337. The summed E-state index contributed by atoms with van der Waals surface area (Å²) in [7, 11) is 0. The van der Waals surface area contributed by atoms with Gasteiger partial charge in [0.2, 0.25) is 0 Å². The Morgan fingerprint density at radius 1 is 1.22 bits per heavy atom. The van der Waals surface area contributed by atoms with Gasteiger partial charge in [0.05, 0.1) is 12.1 Å². The molecule has 1 atom stereocenters. The van der Waals surface area contributed by atoms with E-state index in [2.05, 4.69) is 11.8 Å². The Morgan fingerprint density at radius 3 is 2.72 bits per heavy atom. The van der Waals surface area contributed by atoms with Gasteiger partial charge in [-0.1, -0.05) is 19.3 Å². The summed E-state index contributed by atoms with van der Waals surface area (Å²) in [6.07, 6.45) is 9.05. The molecule has 1 aliphatic heterocycles. The van der Waals surface area contributed by atoms with Gasteiger partial charge in [0.15, 0.2) is 5.96 Å². The average Bonchev–Trinajstić information content (AvgIpc) is 2.40. The highest BCUT2D eigenvalue weighted by Crippen LogP contribution is 2.21. The normalized spacial score (nSPS) is 27.5. The number of nitrogens with two attached hydrogens (primary N) is 1. The zero-order valence-corrected chi connectivity index (χ0v) is 11.6. The summed E-state index contributed by atoms with van der Waals surface area (Å²) in [5.74, 6) is 0.742. The Balaban J connectivity index is 1.86. The first-order valence-electron chi connectivity index (χ1n) is 7.49. The lowest BCUT2D eigenvalue weighted by Crippen LogP contribution is -2.47. The van der Waals surface area contributed by atoms with Gasteiger partial charge in [0.25, 0.3) is 0 Å². The lowest BCUT2D eigenvalue weighted by molar-refractivity contribution is 0.0231. The van der Waals surface area contributed by atoms with Crippen molar-refractivity contribution < 1.29 is 4.74 Å². The fourth-order valence-corrected chi connectivity index (χ4v) is 3.00. The molecular formula is C14H27N3O. The Kier molecular flexibility index (Phi) is 5.29. The summed E-state index contributed by atoms with van der Waals surface area (Å²) in [6, 6.07) is 0.464. The lowest BCUT2D eigenvalue weighted by atomic mass is 9.96. The number of aliphatic imine (C=N–C) groups is 1. The molecule has 2 fully saturated rings. The van der Waals surface area contributed by atoms with Crippen molar-refractivity contribution in [3.05, 3.63) is 0 Å². The second-order valence-electron chi connectivity index (χ2n) is 5.44. The highest BCUT2D eigenvalue weighted by molar-refractivity contribution is 5.78. The Hall–Kier alpha value is -0.770. The summed E-state index contributed by atoms with van der Waals surface area (Å²) >= 11 is 0. The van der Waals surface area contributed by atoms with Crippen molar-refractivity contribution >= 4 is 5.96 Å². The number of hydrogen-bond donors (Lipinski definition) is 1. The predicted octanol–water partition coefficient (Wildman–Crippen LogP) is 2.13. The van der Waals surface area contributed by atoms with E-state index in [1.165, 1.54) is 32.1 Å². The number of guanidine groups is 1. The van der Waals surface area contributed by atoms with Crippen LogP contribution < -0.4 is 5.73 Å². The molecule has 4 heteroatoms. The van der Waals surface area contributed by atoms with Crippen LogP contribution in [0.15, 0.2) is 4.99 Å². The van der Waals surface area contributed by atoms with Crippen LogP contribution >= 0.6 is 0 Å². The van der Waals surface area contributed by atoms with Crippen molar-refractivity contribution in [3.63, 3.8) is 0 Å². The van der Waals surface area contributed by atoms with Crippen LogP contribution in [0.3, 0.4) is 0 Å². The molecule has 2 N–H and O–H groups in total. The van der Waals surface area contributed by atoms with E-state index in [0.29, 0.717) is 12.1 Å². The molecule has 0 aromatic rings. The van der Waals surface area contributed by atoms with E-state index >= 15 is 0 Å². The maximum atomic E-state index is 6.16. The summed E-state index contributed by atoms with van der Waals surface area (Å²) in [6.45, 7) is 4.79. The topological polar surface area (TPSA) is 50.9 Å². The quantitative estimate of drug-likeness (QED) is 0.619. The molecule has 0 bridgehead atoms. The largest absolute Gasteiger partial charge is 0.377 e. The Labute approximate surface area is 111 Å². The van der Waals surface area contributed by atoms with E-state index in [1.54, 1.807) is 0 Å². The first kappa shape index (κ1) is 13.7. The molecule has 0 aromatic heterocycles. The molecule has 0 amide bonds. The van der Waals surface area contributed by atoms with Crippen molar-refractivity contribution in [2.75, 3.05) is 19.7 Å². The maximum absolute atomic E-state index is 6.16. The highest BCUT2D eigenvalue weighted by Gasteiger charge is 2.22. The van der Waals surface area contributed by atoms with Gasteiger partial charge in [-0.2, -0.15) is 0 Å². The second-order valence-corrected chi connectivity index (χ2v) is 5.44. The van der Waals surface area contributed by atoms with Crippen LogP contribution in [0, 0.1) is 0 Å². The number of ether oxygens (including phenoxy) is 1. The summed E-state index contributed by atoms with van der Waals surface area (Å²) in [5.41, 5.74) is 6.16. The summed E-state index contributed by atoms with van der Waals surface area (Å²) in [4.78, 5) is 6.93. The molecule has 1 unspecified atom stereocenters. The number of rotatable bonds is 3. The predicted molar refractivity (Wildman–Crippen MR) is 74.7 cm³/mol. The van der Waals surface area contributed by atoms with E-state index in [0.717, 1.165) is 38.5 Å². The van der Waals surface area contributed by atoms with Crippen LogP contribution in [0.1, 0.15) is 51.9 Å². The number of nitrogens with zero attached hydrogens (tertiary/aromatic N) is 2. The first-order chi connectivity index (χ1) is 8.79. The molecule has 1 saturated carbocycles. The molecule has 1 aliphatic carbocycles. The van der Waals surface area contributed by atoms with E-state index < -0.39 is 0 Å². The van der Waals surface area contributed by atoms with Gasteiger partial charge >= 0.3 is 0 Å². The Morgan fingerprint density at radius 2 is 2.00 bits per heavy atom. The number of piperidine rings is 1. The third-order valence-corrected chi connectivity index (χ3v) is 3.99. The van der Waals surface area contributed by atoms with Crippen molar-refractivity contribution in [3.8, 4) is 0 Å². The molecular weight excluding hydrogens is 226 g/mol. The average molecular weight is 253 g/mol. The minimum Gasteiger partial charge on any atom is -0.377 e. The summed E-state index contributed by atoms with van der Waals surface area (Å²) in [5, 5.41) is 0. The third kappa shape index (κ3) is 3.87. The van der Waals surface area contributed by atoms with E-state index in [4.69, 9.17) is 15.5 Å². The van der Waals surface area contributed by atoms with Crippen LogP contribution in [-0.4, -0.2) is 42.7 Å². The first-order valence-corrected chi connectivity index (χ1v) is 7.49. The molecule has 104 valence electrons. The fraction of sp³-hybridized carbons (Fsp3) is 0.929. The second kappa shape index (κ2) is 6.98. The van der Waals surface area contributed by atoms with Crippen LogP contribution in [0.2, 0.25) is 0 Å². The van der Waals surface area contributed by atoms with Gasteiger partial charge in [-0.25, -0.2) is 4.99 Å². The number of likely N-dealkylation sites (tertiary alicyclic amines) is 1. The van der Waals surface area contributed by atoms with Crippen molar-refractivity contribution in [2.24, 2.45) is 10.7 Å². The van der Waals surface area contributed by atoms with Crippen LogP contribution in [0.5, 0.6) is 0 Å². The highest BCUT2D eigenvalue weighted by atomic mass is 16.5. The molecule has 1 heterocycles. The smallest absolute Gasteiger partial charge is 0.191 e. The molecule has 0 radical (unpaired) electrons. The standard InChI is InChI=1S/C14H27N3O/c1-2-18-13-9-6-10-17(11-13)14(15)16-12-7-4-3-5-8-12/h12-13H,2-11H2,1H3,(H2,15,16). The lowest BCUT2D eigenvalue weighted by Gasteiger charge is -2.34. The van der Waals surface area contributed by atoms with Gasteiger partial charge in [-0.3, -0.25) is 0 Å². The number of hydrogen-bond acceptors (Lipinski definition) is 2. The van der Waals surface area contributed by atoms with Crippen LogP contribution in [0.4, 0.5) is 0 Å². The molecule has 18 heavy (non-hydrogen) atoms. The Bertz CT molecular complexity index is 272.